The number of fused-ring (bicyclic) bond motifs is 1. The van der Waals surface area contributed by atoms with Gasteiger partial charge in [-0.3, -0.25) is 4.79 Å². The molecule has 3 nitrogen and oxygen atoms in total. The number of halogens is 6. The van der Waals surface area contributed by atoms with Crippen molar-refractivity contribution < 1.29 is 40.3 Å². The number of esters is 1. The Morgan fingerprint density at radius 1 is 0.967 bits per heavy atom. The van der Waals surface area contributed by atoms with Crippen molar-refractivity contribution in [1.29, 1.82) is 0 Å². The summed E-state index contributed by atoms with van der Waals surface area (Å²) in [5.74, 6) is -2.62. The lowest BCUT2D eigenvalue weighted by Crippen LogP contribution is -2.66. The molecule has 0 saturated heterocycles. The van der Waals surface area contributed by atoms with E-state index in [0.29, 0.717) is 6.42 Å². The van der Waals surface area contributed by atoms with Crippen molar-refractivity contribution in [1.82, 2.24) is 0 Å². The maximum Gasteiger partial charge on any atom is 0.434 e. The molecular weight excluding hydrogens is 430 g/mol. The Morgan fingerprint density at radius 2 is 1.50 bits per heavy atom. The number of alkyl halides is 6. The van der Waals surface area contributed by atoms with Crippen LogP contribution >= 0.6 is 0 Å². The lowest BCUT2D eigenvalue weighted by atomic mass is 9.56. The summed E-state index contributed by atoms with van der Waals surface area (Å²) in [6.07, 6.45) is -10.6. The first-order chi connectivity index (χ1) is 13.4. The van der Waals surface area contributed by atoms with Crippen LogP contribution in [0.1, 0.15) is 65.7 Å². The molecule has 0 aliphatic heterocycles. The molecule has 0 N–H and O–H groups in total. The van der Waals surface area contributed by atoms with Gasteiger partial charge in [-0.1, -0.05) is 46.5 Å². The Bertz CT molecular complexity index is 612. The van der Waals surface area contributed by atoms with Crippen LogP contribution in [0.25, 0.3) is 0 Å². The second-order valence-electron chi connectivity index (χ2n) is 10.2. The predicted molar refractivity (Wildman–Crippen MR) is 102 cm³/mol. The van der Waals surface area contributed by atoms with Crippen molar-refractivity contribution in [2.45, 2.75) is 108 Å². The third-order valence-corrected chi connectivity index (χ3v) is 11.5. The highest BCUT2D eigenvalue weighted by atomic mass is 28.4. The molecule has 0 aromatic rings. The first-order valence-electron chi connectivity index (χ1n) is 10.5. The van der Waals surface area contributed by atoms with Crippen LogP contribution in [0.2, 0.25) is 18.1 Å². The van der Waals surface area contributed by atoms with Crippen LogP contribution in [-0.2, 0) is 14.0 Å². The first kappa shape index (κ1) is 25.5. The van der Waals surface area contributed by atoms with Crippen molar-refractivity contribution in [2.24, 2.45) is 11.8 Å². The number of rotatable bonds is 4. The van der Waals surface area contributed by atoms with Crippen molar-refractivity contribution >= 4 is 14.3 Å². The summed E-state index contributed by atoms with van der Waals surface area (Å²) in [4.78, 5) is 12.6. The summed E-state index contributed by atoms with van der Waals surface area (Å²) in [5.41, 5.74) is -1.04. The van der Waals surface area contributed by atoms with E-state index in [9.17, 15) is 31.1 Å². The van der Waals surface area contributed by atoms with Gasteiger partial charge in [0.1, 0.15) is 0 Å². The zero-order valence-electron chi connectivity index (χ0n) is 18.2. The number of carbonyl (C=O) groups excluding carboxylic acids is 1. The molecule has 10 heteroatoms. The minimum Gasteiger partial charge on any atom is -0.442 e. The lowest BCUT2D eigenvalue weighted by Gasteiger charge is -2.59. The molecule has 0 spiro atoms. The third-order valence-electron chi connectivity index (χ3n) is 7.04. The summed E-state index contributed by atoms with van der Waals surface area (Å²) < 4.78 is 88.2. The van der Waals surface area contributed by atoms with Gasteiger partial charge in [-0.15, -0.1) is 0 Å². The van der Waals surface area contributed by atoms with E-state index in [4.69, 9.17) is 4.43 Å². The molecule has 0 aromatic carbocycles. The Labute approximate surface area is 175 Å². The van der Waals surface area contributed by atoms with Gasteiger partial charge in [0.2, 0.25) is 0 Å². The van der Waals surface area contributed by atoms with E-state index in [2.05, 4.69) is 4.74 Å². The minimum atomic E-state index is -5.72. The van der Waals surface area contributed by atoms with E-state index in [1.807, 2.05) is 33.9 Å². The smallest absolute Gasteiger partial charge is 0.434 e. The Hall–Kier alpha value is -0.773. The van der Waals surface area contributed by atoms with E-state index in [0.717, 1.165) is 32.1 Å². The van der Waals surface area contributed by atoms with Gasteiger partial charge in [0.25, 0.3) is 6.10 Å². The first-order valence-corrected chi connectivity index (χ1v) is 13.4. The van der Waals surface area contributed by atoms with E-state index >= 15 is 0 Å². The van der Waals surface area contributed by atoms with Crippen molar-refractivity contribution in [3.05, 3.63) is 0 Å². The lowest BCUT2D eigenvalue weighted by molar-refractivity contribution is -0.317. The second-order valence-corrected chi connectivity index (χ2v) is 14.9. The molecule has 0 heterocycles. The molecular formula is C20H32F6O3Si. The van der Waals surface area contributed by atoms with Crippen LogP contribution in [-0.4, -0.2) is 38.3 Å². The summed E-state index contributed by atoms with van der Waals surface area (Å²) in [7, 11) is -2.45. The van der Waals surface area contributed by atoms with Crippen molar-refractivity contribution in [2.75, 3.05) is 0 Å². The van der Waals surface area contributed by atoms with Gasteiger partial charge in [-0.2, -0.15) is 26.3 Å². The zero-order valence-corrected chi connectivity index (χ0v) is 19.2. The Morgan fingerprint density at radius 3 is 2.00 bits per heavy atom. The minimum absolute atomic E-state index is 0.0558. The van der Waals surface area contributed by atoms with Crippen LogP contribution in [0.4, 0.5) is 26.3 Å². The highest BCUT2D eigenvalue weighted by Crippen LogP contribution is 2.57. The van der Waals surface area contributed by atoms with Crippen LogP contribution in [0.3, 0.4) is 0 Å². The average molecular weight is 463 g/mol. The number of hydrogen-bond acceptors (Lipinski definition) is 3. The van der Waals surface area contributed by atoms with E-state index in [1.54, 1.807) is 0 Å². The van der Waals surface area contributed by atoms with Gasteiger partial charge >= 0.3 is 18.3 Å². The van der Waals surface area contributed by atoms with Gasteiger partial charge in [0.15, 0.2) is 8.32 Å². The molecule has 2 fully saturated rings. The van der Waals surface area contributed by atoms with Gasteiger partial charge in [0, 0.05) is 0 Å². The van der Waals surface area contributed by atoms with Crippen LogP contribution in [0.15, 0.2) is 0 Å². The molecule has 0 bridgehead atoms. The quantitative estimate of drug-likeness (QED) is 0.263. The monoisotopic (exact) mass is 462 g/mol. The van der Waals surface area contributed by atoms with Gasteiger partial charge in [-0.25, -0.2) is 0 Å². The summed E-state index contributed by atoms with van der Waals surface area (Å²) in [5, 5.41) is -0.223. The molecule has 176 valence electrons. The maximum absolute atomic E-state index is 12.9. The molecule has 0 unspecified atom stereocenters. The Kier molecular flexibility index (Phi) is 7.05. The average Bonchev–Trinajstić information content (AvgIpc) is 2.51. The van der Waals surface area contributed by atoms with Crippen molar-refractivity contribution in [3.8, 4) is 0 Å². The van der Waals surface area contributed by atoms with E-state index in [-0.39, 0.29) is 17.4 Å². The van der Waals surface area contributed by atoms with Crippen molar-refractivity contribution in [3.63, 3.8) is 0 Å². The summed E-state index contributed by atoms with van der Waals surface area (Å²) in [6.45, 7) is 9.97. The molecule has 3 atom stereocenters. The normalized spacial score (nSPS) is 28.9. The van der Waals surface area contributed by atoms with Gasteiger partial charge in [-0.05, 0) is 43.3 Å². The Balaban J connectivity index is 2.34. The van der Waals surface area contributed by atoms with Crippen LogP contribution < -0.4 is 0 Å². The maximum atomic E-state index is 12.9. The fourth-order valence-electron chi connectivity index (χ4n) is 4.34. The fraction of sp³-hybridized carbons (Fsp3) is 0.950. The molecule has 30 heavy (non-hydrogen) atoms. The summed E-state index contributed by atoms with van der Waals surface area (Å²) in [6, 6.07) is 0. The largest absolute Gasteiger partial charge is 0.442 e. The molecule has 2 rings (SSSR count). The topological polar surface area (TPSA) is 35.5 Å². The summed E-state index contributed by atoms with van der Waals surface area (Å²) >= 11 is 0. The number of hydrogen-bond donors (Lipinski definition) is 0. The van der Waals surface area contributed by atoms with Crippen LogP contribution in [0, 0.1) is 11.8 Å². The second kappa shape index (κ2) is 8.29. The molecule has 2 aliphatic carbocycles. The fourth-order valence-corrected chi connectivity index (χ4v) is 6.01. The molecule has 0 amide bonds. The highest BCUT2D eigenvalue weighted by Gasteiger charge is 2.65. The van der Waals surface area contributed by atoms with Crippen LogP contribution in [0.5, 0.6) is 0 Å². The molecule has 2 saturated carbocycles. The third kappa shape index (κ3) is 5.16. The SMILES string of the molecule is CC(C)(C)[Si](C)(C)O[C@]12CCCCCC[C@H]1C[C@H]2C(=O)OC(C(F)(F)F)C(F)(F)F. The highest BCUT2D eigenvalue weighted by molar-refractivity contribution is 6.74. The zero-order chi connectivity index (χ0) is 23.2. The van der Waals surface area contributed by atoms with Gasteiger partial charge in [0.05, 0.1) is 11.5 Å². The van der Waals surface area contributed by atoms with Gasteiger partial charge < -0.3 is 9.16 Å². The van der Waals surface area contributed by atoms with E-state index in [1.165, 1.54) is 0 Å². The standard InChI is InChI=1S/C20H32F6O3Si/c1-17(2,3)30(4,5)29-18-11-9-7-6-8-10-13(18)12-14(18)15(27)28-16(19(21,22)23)20(24,25)26/h13-14,16H,6-12H2,1-5H3/t13-,14-,18+/m0/s1. The molecule has 2 aliphatic rings. The van der Waals surface area contributed by atoms with E-state index < -0.39 is 44.3 Å². The predicted octanol–water partition coefficient (Wildman–Crippen LogP) is 6.77. The number of carbonyl (C=O) groups is 1. The molecule has 0 radical (unpaired) electrons. The number of ether oxygens (including phenoxy) is 1. The molecule has 0 aromatic heterocycles.